The first-order valence-electron chi connectivity index (χ1n) is 8.38. The SMILES string of the molecule is Cc1ccc(NC(=O)Nc2ccccc2C(=O)c2ccccc2)cc1C. The van der Waals surface area contributed by atoms with Gasteiger partial charge in [0.1, 0.15) is 0 Å². The maximum Gasteiger partial charge on any atom is 0.323 e. The summed E-state index contributed by atoms with van der Waals surface area (Å²) in [6.07, 6.45) is 0. The first kappa shape index (κ1) is 17.4. The summed E-state index contributed by atoms with van der Waals surface area (Å²) in [7, 11) is 0. The van der Waals surface area contributed by atoms with Gasteiger partial charge in [-0.05, 0) is 49.2 Å². The third-order valence-corrected chi connectivity index (χ3v) is 4.22. The Bertz CT molecular complexity index is 949. The average Bonchev–Trinajstić information content (AvgIpc) is 2.65. The normalized spacial score (nSPS) is 10.2. The number of hydrogen-bond acceptors (Lipinski definition) is 2. The minimum atomic E-state index is -0.387. The Morgan fingerprint density at radius 3 is 2.15 bits per heavy atom. The third-order valence-electron chi connectivity index (χ3n) is 4.22. The number of carbonyl (C=O) groups excluding carboxylic acids is 2. The van der Waals surface area contributed by atoms with Gasteiger partial charge in [-0.1, -0.05) is 48.5 Å². The average molecular weight is 344 g/mol. The largest absolute Gasteiger partial charge is 0.323 e. The summed E-state index contributed by atoms with van der Waals surface area (Å²) in [5, 5.41) is 5.58. The fourth-order valence-corrected chi connectivity index (χ4v) is 2.64. The number of aryl methyl sites for hydroxylation is 2. The molecule has 2 N–H and O–H groups in total. The van der Waals surface area contributed by atoms with E-state index in [1.54, 1.807) is 36.4 Å². The molecule has 3 aromatic carbocycles. The van der Waals surface area contributed by atoms with E-state index in [2.05, 4.69) is 10.6 Å². The van der Waals surface area contributed by atoms with Crippen molar-refractivity contribution in [3.05, 3.63) is 95.1 Å². The molecule has 0 saturated carbocycles. The molecule has 0 aromatic heterocycles. The van der Waals surface area contributed by atoms with Crippen LogP contribution in [-0.2, 0) is 0 Å². The van der Waals surface area contributed by atoms with Gasteiger partial charge in [0, 0.05) is 16.8 Å². The molecule has 0 aliphatic carbocycles. The summed E-state index contributed by atoms with van der Waals surface area (Å²) in [5.41, 5.74) is 4.47. The van der Waals surface area contributed by atoms with Crippen LogP contribution in [0.3, 0.4) is 0 Å². The molecule has 4 heteroatoms. The predicted octanol–water partition coefficient (Wildman–Crippen LogP) is 5.18. The number of hydrogen-bond donors (Lipinski definition) is 2. The Morgan fingerprint density at radius 1 is 0.731 bits per heavy atom. The molecule has 0 bridgehead atoms. The van der Waals surface area contributed by atoms with E-state index in [4.69, 9.17) is 0 Å². The number of amides is 2. The van der Waals surface area contributed by atoms with Crippen LogP contribution in [0.15, 0.2) is 72.8 Å². The Balaban J connectivity index is 1.78. The summed E-state index contributed by atoms with van der Waals surface area (Å²) in [5.74, 6) is -0.132. The van der Waals surface area contributed by atoms with Gasteiger partial charge in [0.15, 0.2) is 5.78 Å². The van der Waals surface area contributed by atoms with Crippen LogP contribution in [0.2, 0.25) is 0 Å². The molecule has 3 aromatic rings. The Morgan fingerprint density at radius 2 is 1.42 bits per heavy atom. The van der Waals surface area contributed by atoms with Gasteiger partial charge < -0.3 is 10.6 Å². The Kier molecular flexibility index (Phi) is 5.13. The van der Waals surface area contributed by atoms with Gasteiger partial charge in [-0.15, -0.1) is 0 Å². The number of nitrogens with one attached hydrogen (secondary N) is 2. The molecule has 0 unspecified atom stereocenters. The minimum absolute atomic E-state index is 0.132. The lowest BCUT2D eigenvalue weighted by molar-refractivity contribution is 0.103. The summed E-state index contributed by atoms with van der Waals surface area (Å²) >= 11 is 0. The van der Waals surface area contributed by atoms with E-state index in [0.717, 1.165) is 11.1 Å². The van der Waals surface area contributed by atoms with Crippen LogP contribution < -0.4 is 10.6 Å². The van der Waals surface area contributed by atoms with E-state index in [0.29, 0.717) is 22.5 Å². The second kappa shape index (κ2) is 7.66. The minimum Gasteiger partial charge on any atom is -0.308 e. The highest BCUT2D eigenvalue weighted by atomic mass is 16.2. The van der Waals surface area contributed by atoms with Gasteiger partial charge >= 0.3 is 6.03 Å². The predicted molar refractivity (Wildman–Crippen MR) is 105 cm³/mol. The topological polar surface area (TPSA) is 58.2 Å². The fourth-order valence-electron chi connectivity index (χ4n) is 2.64. The van der Waals surface area contributed by atoms with Crippen LogP contribution in [0.4, 0.5) is 16.2 Å². The molecular formula is C22H20N2O2. The zero-order valence-electron chi connectivity index (χ0n) is 14.7. The van der Waals surface area contributed by atoms with E-state index >= 15 is 0 Å². The second-order valence-electron chi connectivity index (χ2n) is 6.12. The number of anilines is 2. The fraction of sp³-hybridized carbons (Fsp3) is 0.0909. The summed E-state index contributed by atoms with van der Waals surface area (Å²) in [4.78, 5) is 25.1. The van der Waals surface area contributed by atoms with Crippen LogP contribution >= 0.6 is 0 Å². The van der Waals surface area contributed by atoms with Gasteiger partial charge in [-0.25, -0.2) is 4.79 Å². The van der Waals surface area contributed by atoms with Crippen LogP contribution in [0.25, 0.3) is 0 Å². The summed E-state index contributed by atoms with van der Waals surface area (Å²) in [6.45, 7) is 4.01. The number of urea groups is 1. The van der Waals surface area contributed by atoms with Crippen molar-refractivity contribution in [2.45, 2.75) is 13.8 Å². The van der Waals surface area contributed by atoms with Crippen molar-refractivity contribution in [3.8, 4) is 0 Å². The van der Waals surface area contributed by atoms with Crippen LogP contribution in [0.1, 0.15) is 27.0 Å². The molecule has 0 radical (unpaired) electrons. The molecule has 2 amide bonds. The molecule has 130 valence electrons. The molecule has 0 fully saturated rings. The molecule has 0 aliphatic heterocycles. The summed E-state index contributed by atoms with van der Waals surface area (Å²) < 4.78 is 0. The number of carbonyl (C=O) groups is 2. The molecule has 3 rings (SSSR count). The zero-order chi connectivity index (χ0) is 18.5. The van der Waals surface area contributed by atoms with Gasteiger partial charge in [0.25, 0.3) is 0 Å². The Labute approximate surface area is 152 Å². The zero-order valence-corrected chi connectivity index (χ0v) is 14.7. The standard InChI is InChI=1S/C22H20N2O2/c1-15-12-13-18(14-16(15)2)23-22(26)24-20-11-7-6-10-19(20)21(25)17-8-4-3-5-9-17/h3-14H,1-2H3,(H2,23,24,26). The van der Waals surface area contributed by atoms with Gasteiger partial charge in [-0.2, -0.15) is 0 Å². The van der Waals surface area contributed by atoms with Crippen molar-refractivity contribution in [1.29, 1.82) is 0 Å². The van der Waals surface area contributed by atoms with E-state index < -0.39 is 0 Å². The van der Waals surface area contributed by atoms with Crippen molar-refractivity contribution in [2.24, 2.45) is 0 Å². The molecule has 0 aliphatic rings. The quantitative estimate of drug-likeness (QED) is 0.641. The van der Waals surface area contributed by atoms with E-state index in [1.807, 2.05) is 50.2 Å². The number of rotatable bonds is 4. The van der Waals surface area contributed by atoms with E-state index in [-0.39, 0.29) is 11.8 Å². The van der Waals surface area contributed by atoms with Crippen LogP contribution in [-0.4, -0.2) is 11.8 Å². The molecule has 0 saturated heterocycles. The van der Waals surface area contributed by atoms with E-state index in [1.165, 1.54) is 0 Å². The maximum absolute atomic E-state index is 12.7. The lowest BCUT2D eigenvalue weighted by Gasteiger charge is -2.12. The highest BCUT2D eigenvalue weighted by Gasteiger charge is 2.14. The van der Waals surface area contributed by atoms with Crippen LogP contribution in [0.5, 0.6) is 0 Å². The number of ketones is 1. The van der Waals surface area contributed by atoms with Crippen molar-refractivity contribution < 1.29 is 9.59 Å². The maximum atomic E-state index is 12.7. The first-order chi connectivity index (χ1) is 12.5. The first-order valence-corrected chi connectivity index (χ1v) is 8.38. The Hall–Kier alpha value is -3.40. The molecule has 0 heterocycles. The molecular weight excluding hydrogens is 324 g/mol. The van der Waals surface area contributed by atoms with Crippen molar-refractivity contribution in [1.82, 2.24) is 0 Å². The molecule has 26 heavy (non-hydrogen) atoms. The van der Waals surface area contributed by atoms with Gasteiger partial charge in [-0.3, -0.25) is 4.79 Å². The second-order valence-corrected chi connectivity index (χ2v) is 6.12. The summed E-state index contributed by atoms with van der Waals surface area (Å²) in [6, 6.07) is 21.3. The molecule has 0 atom stereocenters. The molecule has 0 spiro atoms. The highest BCUT2D eigenvalue weighted by Crippen LogP contribution is 2.20. The smallest absolute Gasteiger partial charge is 0.308 e. The lowest BCUT2D eigenvalue weighted by Crippen LogP contribution is -2.21. The van der Waals surface area contributed by atoms with E-state index in [9.17, 15) is 9.59 Å². The highest BCUT2D eigenvalue weighted by molar-refractivity contribution is 6.14. The van der Waals surface area contributed by atoms with Crippen molar-refractivity contribution in [2.75, 3.05) is 10.6 Å². The number of para-hydroxylation sites is 1. The monoisotopic (exact) mass is 344 g/mol. The van der Waals surface area contributed by atoms with Crippen molar-refractivity contribution >= 4 is 23.2 Å². The van der Waals surface area contributed by atoms with Crippen molar-refractivity contribution in [3.63, 3.8) is 0 Å². The third kappa shape index (κ3) is 3.98. The lowest BCUT2D eigenvalue weighted by atomic mass is 10.0. The number of benzene rings is 3. The van der Waals surface area contributed by atoms with Crippen LogP contribution in [0, 0.1) is 13.8 Å². The molecule has 4 nitrogen and oxygen atoms in total. The van der Waals surface area contributed by atoms with Gasteiger partial charge in [0.2, 0.25) is 0 Å². The van der Waals surface area contributed by atoms with Gasteiger partial charge in [0.05, 0.1) is 5.69 Å².